The number of carbonyl (C=O) groups excluding carboxylic acids is 2. The molecule has 11 nitrogen and oxygen atoms in total. The molecule has 0 saturated carbocycles. The average Bonchev–Trinajstić information content (AvgIpc) is 3.29. The third-order valence-electron chi connectivity index (χ3n) is 3.94. The Labute approximate surface area is 170 Å². The molecule has 0 aliphatic rings. The van der Waals surface area contributed by atoms with Crippen LogP contribution in [0.3, 0.4) is 0 Å². The second-order valence-electron chi connectivity index (χ2n) is 6.15. The number of anilines is 1. The van der Waals surface area contributed by atoms with Crippen LogP contribution in [0.5, 0.6) is 5.95 Å². The van der Waals surface area contributed by atoms with Crippen molar-refractivity contribution in [1.82, 2.24) is 15.3 Å². The van der Waals surface area contributed by atoms with Crippen molar-refractivity contribution < 1.29 is 28.6 Å². The van der Waals surface area contributed by atoms with Crippen LogP contribution in [-0.4, -0.2) is 39.7 Å². The Morgan fingerprint density at radius 3 is 2.63 bits per heavy atom. The third-order valence-corrected chi connectivity index (χ3v) is 3.94. The lowest BCUT2D eigenvalue weighted by Gasteiger charge is -2.06. The Bertz CT molecular complexity index is 1040. The van der Waals surface area contributed by atoms with Gasteiger partial charge in [0.15, 0.2) is 5.82 Å². The minimum Gasteiger partial charge on any atom is -0.449 e. The number of rotatable bonds is 8. The van der Waals surface area contributed by atoms with E-state index in [1.807, 2.05) is 30.3 Å². The maximum Gasteiger partial charge on any atom is 0.513 e. The summed E-state index contributed by atoms with van der Waals surface area (Å²) < 4.78 is 9.61. The van der Waals surface area contributed by atoms with Crippen LogP contribution < -0.4 is 21.1 Å². The predicted molar refractivity (Wildman–Crippen MR) is 104 cm³/mol. The normalized spacial score (nSPS) is 10.4. The number of H-pyrrole nitrogens is 1. The van der Waals surface area contributed by atoms with E-state index in [9.17, 15) is 14.4 Å². The van der Waals surface area contributed by atoms with Crippen molar-refractivity contribution in [2.45, 2.75) is 12.8 Å². The number of aromatic amines is 1. The topological polar surface area (TPSA) is 173 Å². The van der Waals surface area contributed by atoms with Crippen LogP contribution >= 0.6 is 0 Å². The first-order chi connectivity index (χ1) is 14.4. The minimum atomic E-state index is -1.50. The summed E-state index contributed by atoms with van der Waals surface area (Å²) in [5.41, 5.74) is 6.34. The lowest BCUT2D eigenvalue weighted by atomic mass is 10.1. The van der Waals surface area contributed by atoms with Crippen molar-refractivity contribution in [3.8, 4) is 5.95 Å². The summed E-state index contributed by atoms with van der Waals surface area (Å²) in [4.78, 5) is 41.2. The molecule has 0 unspecified atom stereocenters. The van der Waals surface area contributed by atoms with Gasteiger partial charge in [0.05, 0.1) is 6.42 Å². The average molecular weight is 413 g/mol. The second kappa shape index (κ2) is 9.28. The smallest absolute Gasteiger partial charge is 0.449 e. The summed E-state index contributed by atoms with van der Waals surface area (Å²) in [6.45, 7) is 0.387. The number of nitrogens with two attached hydrogens (primary N) is 1. The number of carbonyl (C=O) groups is 3. The van der Waals surface area contributed by atoms with Crippen LogP contribution in [0.1, 0.15) is 27.6 Å². The summed E-state index contributed by atoms with van der Waals surface area (Å²) in [7, 11) is 0. The Morgan fingerprint density at radius 2 is 1.93 bits per heavy atom. The molecule has 0 atom stereocenters. The van der Waals surface area contributed by atoms with E-state index in [1.54, 1.807) is 0 Å². The number of hydrogen-bond acceptors (Lipinski definition) is 6. The number of primary amides is 1. The van der Waals surface area contributed by atoms with Crippen LogP contribution in [0.2, 0.25) is 0 Å². The van der Waals surface area contributed by atoms with E-state index in [4.69, 9.17) is 15.3 Å². The number of furan rings is 1. The molecular weight excluding hydrogens is 394 g/mol. The molecule has 0 spiro atoms. The van der Waals surface area contributed by atoms with Crippen molar-refractivity contribution in [3.63, 3.8) is 0 Å². The van der Waals surface area contributed by atoms with E-state index in [0.717, 1.165) is 5.56 Å². The summed E-state index contributed by atoms with van der Waals surface area (Å²) in [6, 6.07) is 11.9. The number of amides is 3. The molecule has 0 radical (unpaired) electrons. The van der Waals surface area contributed by atoms with Crippen LogP contribution in [0.4, 0.5) is 15.4 Å². The number of nitrogens with zero attached hydrogens (tertiary/aromatic N) is 1. The lowest BCUT2D eigenvalue weighted by molar-refractivity contribution is 0.0996. The van der Waals surface area contributed by atoms with Gasteiger partial charge in [-0.3, -0.25) is 10.1 Å². The summed E-state index contributed by atoms with van der Waals surface area (Å²) >= 11 is 0. The number of aromatic nitrogens is 2. The first-order valence-corrected chi connectivity index (χ1v) is 8.87. The largest absolute Gasteiger partial charge is 0.513 e. The van der Waals surface area contributed by atoms with Crippen LogP contribution in [0.25, 0.3) is 0 Å². The maximum absolute atomic E-state index is 12.1. The zero-order valence-corrected chi connectivity index (χ0v) is 15.7. The number of urea groups is 1. The van der Waals surface area contributed by atoms with E-state index < -0.39 is 18.1 Å². The lowest BCUT2D eigenvalue weighted by Crippen LogP contribution is -2.31. The number of ether oxygens (including phenoxy) is 1. The van der Waals surface area contributed by atoms with Gasteiger partial charge in [0, 0.05) is 12.6 Å². The van der Waals surface area contributed by atoms with Crippen molar-refractivity contribution in [2.75, 3.05) is 11.9 Å². The Kier molecular flexibility index (Phi) is 6.33. The van der Waals surface area contributed by atoms with E-state index in [0.29, 0.717) is 18.7 Å². The number of carboxylic acid groups (broad SMARTS) is 1. The monoisotopic (exact) mass is 413 g/mol. The fraction of sp³-hybridized carbons (Fsp3) is 0.158. The van der Waals surface area contributed by atoms with Crippen molar-refractivity contribution in [1.29, 1.82) is 0 Å². The molecule has 0 fully saturated rings. The van der Waals surface area contributed by atoms with Gasteiger partial charge in [0.1, 0.15) is 17.3 Å². The zero-order chi connectivity index (χ0) is 21.5. The molecule has 3 aromatic rings. The summed E-state index contributed by atoms with van der Waals surface area (Å²) in [6.07, 6.45) is -0.780. The summed E-state index contributed by atoms with van der Waals surface area (Å²) in [5.74, 6) is -0.421. The van der Waals surface area contributed by atoms with Gasteiger partial charge in [-0.15, -0.1) is 0 Å². The highest BCUT2D eigenvalue weighted by Crippen LogP contribution is 2.20. The first kappa shape index (κ1) is 20.5. The van der Waals surface area contributed by atoms with E-state index in [2.05, 4.69) is 25.3 Å². The highest BCUT2D eigenvalue weighted by Gasteiger charge is 2.18. The van der Waals surface area contributed by atoms with Crippen LogP contribution in [0.15, 0.2) is 46.9 Å². The van der Waals surface area contributed by atoms with E-state index in [-0.39, 0.29) is 29.7 Å². The predicted octanol–water partition coefficient (Wildman–Crippen LogP) is 2.11. The molecule has 3 rings (SSSR count). The molecule has 1 aromatic carbocycles. The van der Waals surface area contributed by atoms with Gasteiger partial charge in [-0.25, -0.2) is 14.6 Å². The fourth-order valence-corrected chi connectivity index (χ4v) is 2.65. The van der Waals surface area contributed by atoms with Gasteiger partial charge in [0.2, 0.25) is 0 Å². The Morgan fingerprint density at radius 1 is 1.17 bits per heavy atom. The molecular formula is C19H19N5O6. The molecule has 0 aliphatic carbocycles. The number of imidazole rings is 1. The van der Waals surface area contributed by atoms with Gasteiger partial charge >= 0.3 is 12.2 Å². The molecule has 11 heteroatoms. The van der Waals surface area contributed by atoms with Gasteiger partial charge in [-0.1, -0.05) is 30.3 Å². The van der Waals surface area contributed by atoms with Crippen molar-refractivity contribution >= 4 is 23.9 Å². The quantitative estimate of drug-likeness (QED) is 0.352. The minimum absolute atomic E-state index is 0.0247. The van der Waals surface area contributed by atoms with Gasteiger partial charge in [0.25, 0.3) is 11.9 Å². The SMILES string of the molecule is NC(=O)c1[nH]c(Cc2ccc(OC(=O)O)o2)nc1NC(=O)NCCc1ccccc1. The maximum atomic E-state index is 12.1. The number of hydrogen-bond donors (Lipinski definition) is 5. The number of benzene rings is 1. The highest BCUT2D eigenvalue weighted by atomic mass is 16.7. The van der Waals surface area contributed by atoms with Crippen LogP contribution in [0, 0.1) is 0 Å². The van der Waals surface area contributed by atoms with Crippen LogP contribution in [-0.2, 0) is 12.8 Å². The highest BCUT2D eigenvalue weighted by molar-refractivity contribution is 6.00. The standard InChI is InChI=1S/C19H19N5O6/c20-16(25)15-17(24-18(26)21-9-8-11-4-2-1-3-5-11)23-13(22-15)10-12-6-7-14(29-12)30-19(27)28/h1-7H,8-10H2,(H2,20,25)(H,22,23)(H,27,28)(H2,21,24,26). The summed E-state index contributed by atoms with van der Waals surface area (Å²) in [5, 5.41) is 13.7. The second-order valence-corrected chi connectivity index (χ2v) is 6.15. The van der Waals surface area contributed by atoms with Gasteiger partial charge in [-0.2, -0.15) is 0 Å². The molecule has 0 aliphatic heterocycles. The molecule has 0 bridgehead atoms. The molecule has 2 heterocycles. The fourth-order valence-electron chi connectivity index (χ4n) is 2.65. The Balaban J connectivity index is 1.60. The molecule has 6 N–H and O–H groups in total. The molecule has 30 heavy (non-hydrogen) atoms. The third kappa shape index (κ3) is 5.61. The number of nitrogens with one attached hydrogen (secondary N) is 3. The van der Waals surface area contributed by atoms with Crippen molar-refractivity contribution in [3.05, 3.63) is 65.3 Å². The molecule has 0 saturated heterocycles. The molecule has 3 amide bonds. The van der Waals surface area contributed by atoms with E-state index in [1.165, 1.54) is 12.1 Å². The molecule has 2 aromatic heterocycles. The van der Waals surface area contributed by atoms with E-state index >= 15 is 0 Å². The van der Waals surface area contributed by atoms with Crippen molar-refractivity contribution in [2.24, 2.45) is 5.73 Å². The zero-order valence-electron chi connectivity index (χ0n) is 15.7. The first-order valence-electron chi connectivity index (χ1n) is 8.87. The van der Waals surface area contributed by atoms with Gasteiger partial charge in [-0.05, 0) is 18.1 Å². The van der Waals surface area contributed by atoms with Gasteiger partial charge < -0.3 is 30.3 Å². The molecule has 156 valence electrons. The Hall–Kier alpha value is -4.28.